The van der Waals surface area contributed by atoms with Crippen molar-refractivity contribution in [1.82, 2.24) is 10.2 Å². The molecule has 19 heavy (non-hydrogen) atoms. The Bertz CT molecular complexity index is 295. The van der Waals surface area contributed by atoms with Gasteiger partial charge in [0.1, 0.15) is 6.54 Å². The molecule has 2 amide bonds. The number of carbonyl (C=O) groups excluding carboxylic acids is 1. The summed E-state index contributed by atoms with van der Waals surface area (Å²) in [6.45, 7) is 0.953. The van der Waals surface area contributed by atoms with Crippen molar-refractivity contribution in [2.24, 2.45) is 5.92 Å². The van der Waals surface area contributed by atoms with Crippen molar-refractivity contribution in [2.75, 3.05) is 44.9 Å². The fraction of sp³-hybridized carbons (Fsp3) is 0.833. The van der Waals surface area contributed by atoms with Crippen molar-refractivity contribution in [3.63, 3.8) is 0 Å². The molecular formula is C12H22N2O4S. The molecule has 0 unspecified atom stereocenters. The van der Waals surface area contributed by atoms with E-state index < -0.39 is 5.97 Å². The highest BCUT2D eigenvalue weighted by molar-refractivity contribution is 7.99. The summed E-state index contributed by atoms with van der Waals surface area (Å²) >= 11 is 1.94. The van der Waals surface area contributed by atoms with E-state index in [1.54, 1.807) is 0 Å². The number of methoxy groups -OCH3 is 1. The van der Waals surface area contributed by atoms with Crippen LogP contribution in [0.1, 0.15) is 12.8 Å². The Labute approximate surface area is 117 Å². The minimum Gasteiger partial charge on any atom is -0.480 e. The number of nitrogens with one attached hydrogen (secondary N) is 1. The van der Waals surface area contributed by atoms with Crippen molar-refractivity contribution in [1.29, 1.82) is 0 Å². The summed E-state index contributed by atoms with van der Waals surface area (Å²) in [4.78, 5) is 23.9. The first-order valence-corrected chi connectivity index (χ1v) is 7.60. The molecule has 0 spiro atoms. The van der Waals surface area contributed by atoms with Gasteiger partial charge < -0.3 is 20.1 Å². The number of hydrogen-bond donors (Lipinski definition) is 2. The number of urea groups is 1. The number of nitrogens with zero attached hydrogens (tertiary/aromatic N) is 1. The maximum atomic E-state index is 11.9. The third-order valence-electron chi connectivity index (χ3n) is 3.06. The number of carbonyl (C=O) groups is 2. The molecule has 0 saturated carbocycles. The van der Waals surface area contributed by atoms with Crippen LogP contribution in [0.3, 0.4) is 0 Å². The van der Waals surface area contributed by atoms with E-state index in [2.05, 4.69) is 5.32 Å². The number of carboxylic acid groups (broad SMARTS) is 1. The predicted octanol–water partition coefficient (Wildman–Crippen LogP) is 0.872. The van der Waals surface area contributed by atoms with E-state index in [1.807, 2.05) is 11.8 Å². The molecule has 2 N–H and O–H groups in total. The molecule has 0 aromatic rings. The Kier molecular flexibility index (Phi) is 7.66. The Balaban J connectivity index is 2.34. The maximum Gasteiger partial charge on any atom is 0.323 e. The molecular weight excluding hydrogens is 268 g/mol. The minimum absolute atomic E-state index is 0.287. The Hall–Kier alpha value is -0.950. The molecule has 110 valence electrons. The number of thioether (sulfide) groups is 1. The van der Waals surface area contributed by atoms with Crippen LogP contribution >= 0.6 is 11.8 Å². The summed E-state index contributed by atoms with van der Waals surface area (Å²) in [5.41, 5.74) is 0. The van der Waals surface area contributed by atoms with Gasteiger partial charge in [0.25, 0.3) is 0 Å². The fourth-order valence-corrected chi connectivity index (χ4v) is 3.12. The average Bonchev–Trinajstić information content (AvgIpc) is 2.41. The van der Waals surface area contributed by atoms with Crippen LogP contribution < -0.4 is 5.32 Å². The van der Waals surface area contributed by atoms with Crippen LogP contribution in [0.25, 0.3) is 0 Å². The lowest BCUT2D eigenvalue weighted by molar-refractivity contribution is -0.137. The van der Waals surface area contributed by atoms with Crippen molar-refractivity contribution in [3.05, 3.63) is 0 Å². The van der Waals surface area contributed by atoms with Gasteiger partial charge in [0, 0.05) is 20.2 Å². The van der Waals surface area contributed by atoms with E-state index in [1.165, 1.54) is 12.0 Å². The van der Waals surface area contributed by atoms with Gasteiger partial charge in [-0.15, -0.1) is 0 Å². The van der Waals surface area contributed by atoms with E-state index >= 15 is 0 Å². The van der Waals surface area contributed by atoms with Gasteiger partial charge in [-0.1, -0.05) is 0 Å². The van der Waals surface area contributed by atoms with E-state index in [0.29, 0.717) is 19.1 Å². The molecule has 0 atom stereocenters. The van der Waals surface area contributed by atoms with Crippen molar-refractivity contribution >= 4 is 23.8 Å². The van der Waals surface area contributed by atoms with Crippen LogP contribution in [0.5, 0.6) is 0 Å². The summed E-state index contributed by atoms with van der Waals surface area (Å²) in [6, 6.07) is -0.322. The molecule has 6 nitrogen and oxygen atoms in total. The van der Waals surface area contributed by atoms with Crippen molar-refractivity contribution < 1.29 is 19.4 Å². The second kappa shape index (κ2) is 9.03. The summed E-state index contributed by atoms with van der Waals surface area (Å²) in [5.74, 6) is 1.78. The van der Waals surface area contributed by atoms with Gasteiger partial charge in [0.15, 0.2) is 0 Å². The van der Waals surface area contributed by atoms with Crippen molar-refractivity contribution in [2.45, 2.75) is 12.8 Å². The molecule has 0 aliphatic carbocycles. The number of hydrogen-bond acceptors (Lipinski definition) is 4. The second-order valence-electron chi connectivity index (χ2n) is 4.55. The van der Waals surface area contributed by atoms with Gasteiger partial charge in [-0.3, -0.25) is 4.79 Å². The predicted molar refractivity (Wildman–Crippen MR) is 74.5 cm³/mol. The molecule has 1 rings (SSSR count). The summed E-state index contributed by atoms with van der Waals surface area (Å²) < 4.78 is 4.88. The quantitative estimate of drug-likeness (QED) is 0.727. The van der Waals surface area contributed by atoms with Gasteiger partial charge in [0.2, 0.25) is 0 Å². The number of aliphatic carboxylic acids is 1. The topological polar surface area (TPSA) is 78.9 Å². The minimum atomic E-state index is -1.01. The SMILES string of the molecule is COCCN(CC(=O)O)C(=O)NCC1CCSCC1. The number of ether oxygens (including phenoxy) is 1. The molecule has 1 heterocycles. The fourth-order valence-electron chi connectivity index (χ4n) is 1.91. The van der Waals surface area contributed by atoms with E-state index in [9.17, 15) is 9.59 Å². The zero-order valence-electron chi connectivity index (χ0n) is 11.3. The molecule has 1 aliphatic rings. The van der Waals surface area contributed by atoms with Gasteiger partial charge in [0.05, 0.1) is 6.61 Å². The van der Waals surface area contributed by atoms with Crippen LogP contribution in [-0.2, 0) is 9.53 Å². The number of amides is 2. The highest BCUT2D eigenvalue weighted by atomic mass is 32.2. The Morgan fingerprint density at radius 1 is 1.42 bits per heavy atom. The highest BCUT2D eigenvalue weighted by Gasteiger charge is 2.19. The van der Waals surface area contributed by atoms with Gasteiger partial charge in [-0.25, -0.2) is 4.79 Å². The van der Waals surface area contributed by atoms with Gasteiger partial charge >= 0.3 is 12.0 Å². The third kappa shape index (κ3) is 6.68. The Morgan fingerprint density at radius 3 is 2.68 bits per heavy atom. The van der Waals surface area contributed by atoms with Gasteiger partial charge in [-0.05, 0) is 30.3 Å². The molecule has 1 saturated heterocycles. The van der Waals surface area contributed by atoms with Gasteiger partial charge in [-0.2, -0.15) is 11.8 Å². The summed E-state index contributed by atoms with van der Waals surface area (Å²) in [7, 11) is 1.52. The highest BCUT2D eigenvalue weighted by Crippen LogP contribution is 2.21. The number of rotatable bonds is 7. The first kappa shape index (κ1) is 16.1. The van der Waals surface area contributed by atoms with Crippen molar-refractivity contribution in [3.8, 4) is 0 Å². The zero-order chi connectivity index (χ0) is 14.1. The average molecular weight is 290 g/mol. The zero-order valence-corrected chi connectivity index (χ0v) is 12.1. The molecule has 7 heteroatoms. The van der Waals surface area contributed by atoms with Crippen LogP contribution in [0.15, 0.2) is 0 Å². The van der Waals surface area contributed by atoms with Crippen LogP contribution in [0, 0.1) is 5.92 Å². The Morgan fingerprint density at radius 2 is 2.11 bits per heavy atom. The largest absolute Gasteiger partial charge is 0.480 e. The lowest BCUT2D eigenvalue weighted by atomic mass is 10.0. The third-order valence-corrected chi connectivity index (χ3v) is 4.11. The molecule has 0 radical (unpaired) electrons. The maximum absolute atomic E-state index is 11.9. The first-order chi connectivity index (χ1) is 9.13. The summed E-state index contributed by atoms with van der Waals surface area (Å²) in [5, 5.41) is 11.6. The molecule has 1 aliphatic heterocycles. The second-order valence-corrected chi connectivity index (χ2v) is 5.77. The lowest BCUT2D eigenvalue weighted by Crippen LogP contribution is -2.45. The molecule has 0 bridgehead atoms. The normalized spacial score (nSPS) is 16.1. The standard InChI is InChI=1S/C12H22N2O4S/c1-18-5-4-14(9-11(15)16)12(17)13-8-10-2-6-19-7-3-10/h10H,2-9H2,1H3,(H,13,17)(H,15,16). The number of carboxylic acids is 1. The van der Waals surface area contributed by atoms with E-state index in [0.717, 1.165) is 24.3 Å². The monoisotopic (exact) mass is 290 g/mol. The van der Waals surface area contributed by atoms with Crippen LogP contribution in [-0.4, -0.2) is 66.9 Å². The van der Waals surface area contributed by atoms with E-state index in [4.69, 9.17) is 9.84 Å². The summed E-state index contributed by atoms with van der Waals surface area (Å²) in [6.07, 6.45) is 2.23. The lowest BCUT2D eigenvalue weighted by Gasteiger charge is -2.25. The molecule has 0 aromatic heterocycles. The molecule has 1 fully saturated rings. The smallest absolute Gasteiger partial charge is 0.323 e. The first-order valence-electron chi connectivity index (χ1n) is 6.44. The molecule has 0 aromatic carbocycles. The van der Waals surface area contributed by atoms with Crippen LogP contribution in [0.2, 0.25) is 0 Å². The van der Waals surface area contributed by atoms with Crippen LogP contribution in [0.4, 0.5) is 4.79 Å². The van der Waals surface area contributed by atoms with E-state index in [-0.39, 0.29) is 19.1 Å².